The minimum absolute atomic E-state index is 0.0880. The highest BCUT2D eigenvalue weighted by Gasteiger charge is 2.60. The van der Waals surface area contributed by atoms with E-state index in [1.54, 1.807) is 18.7 Å². The number of aliphatic carboxylic acids is 1. The highest BCUT2D eigenvalue weighted by Crippen LogP contribution is 2.51. The van der Waals surface area contributed by atoms with Gasteiger partial charge in [0.25, 0.3) is 0 Å². The van der Waals surface area contributed by atoms with Crippen LogP contribution in [0.2, 0.25) is 0 Å². The summed E-state index contributed by atoms with van der Waals surface area (Å²) in [4.78, 5) is 34.5. The number of nitrogens with one attached hydrogen (secondary N) is 1. The number of aliphatic hydroxyl groups is 1. The van der Waals surface area contributed by atoms with Crippen molar-refractivity contribution in [1.82, 2.24) is 20.2 Å². The molecule has 0 spiro atoms. The van der Waals surface area contributed by atoms with E-state index in [0.717, 1.165) is 29.9 Å². The summed E-state index contributed by atoms with van der Waals surface area (Å²) in [7, 11) is 0. The molecule has 3 N–H and O–H groups in total. The van der Waals surface area contributed by atoms with Crippen molar-refractivity contribution in [3.8, 4) is 0 Å². The third-order valence-electron chi connectivity index (χ3n) is 5.88. The predicted molar refractivity (Wildman–Crippen MR) is 103 cm³/mol. The number of aromatic nitrogens is 2. The van der Waals surface area contributed by atoms with Gasteiger partial charge in [0.05, 0.1) is 18.1 Å². The van der Waals surface area contributed by atoms with Crippen LogP contribution in [0.25, 0.3) is 0 Å². The van der Waals surface area contributed by atoms with Gasteiger partial charge in [-0.1, -0.05) is 6.92 Å². The van der Waals surface area contributed by atoms with Crippen LogP contribution >= 0.6 is 11.8 Å². The van der Waals surface area contributed by atoms with Gasteiger partial charge in [-0.25, -0.2) is 14.8 Å². The van der Waals surface area contributed by atoms with E-state index >= 15 is 0 Å². The largest absolute Gasteiger partial charge is 0.477 e. The Kier molecular flexibility index (Phi) is 5.15. The van der Waals surface area contributed by atoms with E-state index in [1.165, 1.54) is 11.2 Å². The van der Waals surface area contributed by atoms with Gasteiger partial charge in [0.15, 0.2) is 0 Å². The minimum atomic E-state index is -1.07. The Morgan fingerprint density at radius 3 is 2.79 bits per heavy atom. The zero-order chi connectivity index (χ0) is 20.0. The fourth-order valence-electron chi connectivity index (χ4n) is 4.61. The average Bonchev–Trinajstić information content (AvgIpc) is 3.17. The molecule has 0 bridgehead atoms. The van der Waals surface area contributed by atoms with Crippen LogP contribution in [0.3, 0.4) is 0 Å². The van der Waals surface area contributed by atoms with Crippen LogP contribution in [0.5, 0.6) is 0 Å². The summed E-state index contributed by atoms with van der Waals surface area (Å²) in [6.45, 7) is 4.33. The van der Waals surface area contributed by atoms with E-state index in [2.05, 4.69) is 15.3 Å². The van der Waals surface area contributed by atoms with Crippen LogP contribution in [0.4, 0.5) is 0 Å². The van der Waals surface area contributed by atoms with E-state index in [9.17, 15) is 19.8 Å². The van der Waals surface area contributed by atoms with Gasteiger partial charge in [0, 0.05) is 41.1 Å². The standard InChI is InChI=1S/C19H24N4O4S/c1-9-15-14(10(2)24)18(25)23(15)16(19(26)27)17(9)28-13-4-12(22-7-13)3-11-5-20-8-21-6-11/h5-6,8-10,12-15,22,24H,3-4,7H2,1-2H3,(H,26,27)/t9-,10-,12+,13+,14-,15-/m1/s1. The molecule has 28 heavy (non-hydrogen) atoms. The van der Waals surface area contributed by atoms with Gasteiger partial charge in [0.2, 0.25) is 5.91 Å². The van der Waals surface area contributed by atoms with E-state index in [0.29, 0.717) is 0 Å². The molecule has 0 aromatic carbocycles. The van der Waals surface area contributed by atoms with Crippen LogP contribution in [0.1, 0.15) is 25.8 Å². The highest BCUT2D eigenvalue weighted by molar-refractivity contribution is 8.03. The maximum atomic E-state index is 12.4. The Morgan fingerprint density at radius 2 is 2.14 bits per heavy atom. The van der Waals surface area contributed by atoms with Crippen LogP contribution in [-0.2, 0) is 16.0 Å². The number of thioether (sulfide) groups is 1. The zero-order valence-corrected chi connectivity index (χ0v) is 16.6. The van der Waals surface area contributed by atoms with Crippen molar-refractivity contribution in [3.63, 3.8) is 0 Å². The fourth-order valence-corrected chi connectivity index (χ4v) is 6.12. The van der Waals surface area contributed by atoms with Crippen molar-refractivity contribution < 1.29 is 19.8 Å². The Bertz CT molecular complexity index is 815. The number of carbonyl (C=O) groups excluding carboxylic acids is 1. The molecular formula is C19H24N4O4S. The van der Waals surface area contributed by atoms with Gasteiger partial charge >= 0.3 is 5.97 Å². The molecule has 1 aromatic heterocycles. The van der Waals surface area contributed by atoms with Crippen molar-refractivity contribution in [3.05, 3.63) is 34.9 Å². The van der Waals surface area contributed by atoms with Crippen molar-refractivity contribution in [2.75, 3.05) is 6.54 Å². The van der Waals surface area contributed by atoms with Crippen molar-refractivity contribution in [2.45, 2.75) is 50.1 Å². The third kappa shape index (κ3) is 3.21. The molecule has 1 aromatic rings. The van der Waals surface area contributed by atoms with Crippen LogP contribution in [0, 0.1) is 11.8 Å². The van der Waals surface area contributed by atoms with Gasteiger partial charge < -0.3 is 20.4 Å². The normalized spacial score (nSPS) is 33.0. The first kappa shape index (κ1) is 19.4. The number of nitrogens with zero attached hydrogens (tertiary/aromatic N) is 3. The van der Waals surface area contributed by atoms with Crippen LogP contribution in [-0.4, -0.2) is 66.9 Å². The summed E-state index contributed by atoms with van der Waals surface area (Å²) in [5, 5.41) is 23.4. The average molecular weight is 404 g/mol. The molecule has 2 saturated heterocycles. The topological polar surface area (TPSA) is 116 Å². The number of carboxylic acids is 1. The molecule has 1 amide bonds. The molecular weight excluding hydrogens is 380 g/mol. The molecule has 4 heterocycles. The van der Waals surface area contributed by atoms with Crippen molar-refractivity contribution in [2.24, 2.45) is 11.8 Å². The number of fused-ring (bicyclic) bond motifs is 1. The maximum Gasteiger partial charge on any atom is 0.353 e. The number of carboxylic acid groups (broad SMARTS) is 1. The molecule has 2 fully saturated rings. The number of carbonyl (C=O) groups is 2. The van der Waals surface area contributed by atoms with E-state index < -0.39 is 18.0 Å². The summed E-state index contributed by atoms with van der Waals surface area (Å²) in [6.07, 6.45) is 6.09. The minimum Gasteiger partial charge on any atom is -0.477 e. The van der Waals surface area contributed by atoms with Gasteiger partial charge in [-0.2, -0.15) is 0 Å². The number of hydrogen-bond donors (Lipinski definition) is 3. The van der Waals surface area contributed by atoms with Gasteiger partial charge in [-0.3, -0.25) is 4.79 Å². The Morgan fingerprint density at radius 1 is 1.43 bits per heavy atom. The number of aliphatic hydroxyl groups excluding tert-OH is 1. The first-order valence-corrected chi connectivity index (χ1v) is 10.4. The predicted octanol–water partition coefficient (Wildman–Crippen LogP) is 0.637. The van der Waals surface area contributed by atoms with E-state index in [4.69, 9.17) is 0 Å². The smallest absolute Gasteiger partial charge is 0.353 e. The lowest BCUT2D eigenvalue weighted by Crippen LogP contribution is -2.63. The SMILES string of the molecule is C[C@@H](O)[C@H]1C(=O)N2C(C(=O)O)=C(S[C@@H]3CN[C@@H](Cc4cncnc4)C3)[C@H](C)[C@H]12. The van der Waals surface area contributed by atoms with Crippen molar-refractivity contribution >= 4 is 23.6 Å². The van der Waals surface area contributed by atoms with Crippen LogP contribution in [0.15, 0.2) is 29.3 Å². The molecule has 0 unspecified atom stereocenters. The molecule has 9 heteroatoms. The molecule has 0 saturated carbocycles. The summed E-state index contributed by atoms with van der Waals surface area (Å²) < 4.78 is 0. The maximum absolute atomic E-state index is 12.4. The first-order chi connectivity index (χ1) is 13.4. The monoisotopic (exact) mass is 404 g/mol. The van der Waals surface area contributed by atoms with E-state index in [-0.39, 0.29) is 34.9 Å². The number of amides is 1. The lowest BCUT2D eigenvalue weighted by atomic mass is 9.79. The second-order valence-corrected chi connectivity index (χ2v) is 9.15. The number of rotatable bonds is 6. The summed E-state index contributed by atoms with van der Waals surface area (Å²) in [6, 6.07) is 0.0330. The molecule has 0 radical (unpaired) electrons. The van der Waals surface area contributed by atoms with Crippen molar-refractivity contribution in [1.29, 1.82) is 0 Å². The lowest BCUT2D eigenvalue weighted by molar-refractivity contribution is -0.163. The third-order valence-corrected chi connectivity index (χ3v) is 7.39. The summed E-state index contributed by atoms with van der Waals surface area (Å²) in [5.41, 5.74) is 1.17. The Labute approximate surface area is 167 Å². The summed E-state index contributed by atoms with van der Waals surface area (Å²) >= 11 is 1.57. The van der Waals surface area contributed by atoms with Gasteiger partial charge in [0.1, 0.15) is 12.0 Å². The molecule has 0 aliphatic carbocycles. The molecule has 150 valence electrons. The quantitative estimate of drug-likeness (QED) is 0.592. The fraction of sp³-hybridized carbons (Fsp3) is 0.579. The van der Waals surface area contributed by atoms with Gasteiger partial charge in [-0.15, -0.1) is 11.8 Å². The molecule has 3 aliphatic rings. The first-order valence-electron chi connectivity index (χ1n) is 9.51. The zero-order valence-electron chi connectivity index (χ0n) is 15.8. The second kappa shape index (κ2) is 7.46. The Balaban J connectivity index is 1.47. The highest BCUT2D eigenvalue weighted by atomic mass is 32.2. The molecule has 6 atom stereocenters. The second-order valence-electron chi connectivity index (χ2n) is 7.80. The molecule has 4 rings (SSSR count). The van der Waals surface area contributed by atoms with Crippen LogP contribution < -0.4 is 5.32 Å². The lowest BCUT2D eigenvalue weighted by Gasteiger charge is -2.46. The number of hydrogen-bond acceptors (Lipinski definition) is 7. The van der Waals surface area contributed by atoms with E-state index in [1.807, 2.05) is 19.3 Å². The Hall–Kier alpha value is -1.97. The summed E-state index contributed by atoms with van der Waals surface area (Å²) in [5.74, 6) is -1.96. The van der Waals surface area contributed by atoms with Gasteiger partial charge in [-0.05, 0) is 25.3 Å². The molecule has 3 aliphatic heterocycles. The molecule has 8 nitrogen and oxygen atoms in total. The number of β-lactam (4-membered cyclic amide) rings is 1.